The zero-order chi connectivity index (χ0) is 20.1. The van der Waals surface area contributed by atoms with Crippen LogP contribution in [0.5, 0.6) is 0 Å². The highest BCUT2D eigenvalue weighted by Crippen LogP contribution is 2.11. The Morgan fingerprint density at radius 2 is 1.93 bits per heavy atom. The van der Waals surface area contributed by atoms with E-state index in [1.165, 1.54) is 22.6 Å². The van der Waals surface area contributed by atoms with E-state index in [0.29, 0.717) is 17.9 Å². The number of fused-ring (bicyclic) bond motifs is 1. The fourth-order valence-electron chi connectivity index (χ4n) is 2.97. The van der Waals surface area contributed by atoms with Crippen LogP contribution in [0.25, 0.3) is 5.65 Å². The fraction of sp³-hybridized carbons (Fsp3) is 0.286. The summed E-state index contributed by atoms with van der Waals surface area (Å²) in [4.78, 5) is 30.8. The Morgan fingerprint density at radius 1 is 1.18 bits per heavy atom. The summed E-state index contributed by atoms with van der Waals surface area (Å²) in [6.07, 6.45) is 1.74. The van der Waals surface area contributed by atoms with Crippen molar-refractivity contribution in [3.05, 3.63) is 81.7 Å². The predicted octanol–water partition coefficient (Wildman–Crippen LogP) is 2.71. The highest BCUT2D eigenvalue weighted by atomic mass is 19.1. The molecule has 7 heteroatoms. The summed E-state index contributed by atoms with van der Waals surface area (Å²) in [5.41, 5.74) is 2.73. The summed E-state index contributed by atoms with van der Waals surface area (Å²) >= 11 is 0. The molecule has 0 radical (unpaired) electrons. The third-order valence-corrected chi connectivity index (χ3v) is 4.22. The number of nitrogens with zero attached hydrogens (tertiary/aromatic N) is 3. The summed E-state index contributed by atoms with van der Waals surface area (Å²) in [5, 5.41) is 0. The van der Waals surface area contributed by atoms with Crippen LogP contribution in [-0.2, 0) is 22.6 Å². The van der Waals surface area contributed by atoms with Crippen LogP contribution >= 0.6 is 0 Å². The maximum absolute atomic E-state index is 13.2. The molecule has 0 N–H and O–H groups in total. The average molecular weight is 383 g/mol. The van der Waals surface area contributed by atoms with Crippen molar-refractivity contribution in [3.63, 3.8) is 0 Å². The summed E-state index contributed by atoms with van der Waals surface area (Å²) in [5.74, 6) is -0.682. The van der Waals surface area contributed by atoms with Crippen molar-refractivity contribution in [2.24, 2.45) is 0 Å². The van der Waals surface area contributed by atoms with Gasteiger partial charge >= 0.3 is 5.97 Å². The van der Waals surface area contributed by atoms with Crippen molar-refractivity contribution in [3.8, 4) is 0 Å². The first-order chi connectivity index (χ1) is 13.4. The highest BCUT2D eigenvalue weighted by molar-refractivity contribution is 5.71. The van der Waals surface area contributed by atoms with Crippen molar-refractivity contribution in [1.82, 2.24) is 14.3 Å². The summed E-state index contributed by atoms with van der Waals surface area (Å²) < 4.78 is 19.7. The molecule has 0 atom stereocenters. The number of pyridine rings is 1. The van der Waals surface area contributed by atoms with E-state index in [9.17, 15) is 14.0 Å². The number of carbonyl (C=O) groups excluding carboxylic acids is 1. The smallest absolute Gasteiger partial charge is 0.320 e. The normalized spacial score (nSPS) is 11.1. The summed E-state index contributed by atoms with van der Waals surface area (Å²) in [7, 11) is 0. The second-order valence-corrected chi connectivity index (χ2v) is 6.60. The lowest BCUT2D eigenvalue weighted by Crippen LogP contribution is -2.31. The fourth-order valence-corrected chi connectivity index (χ4v) is 2.97. The van der Waals surface area contributed by atoms with E-state index in [-0.39, 0.29) is 37.0 Å². The molecule has 0 aliphatic heterocycles. The minimum absolute atomic E-state index is 0.0418. The molecule has 3 aromatic rings. The molecule has 0 aliphatic rings. The monoisotopic (exact) mass is 383 g/mol. The predicted molar refractivity (Wildman–Crippen MR) is 103 cm³/mol. The number of esters is 1. The van der Waals surface area contributed by atoms with E-state index in [4.69, 9.17) is 4.74 Å². The number of hydrogen-bond donors (Lipinski definition) is 0. The van der Waals surface area contributed by atoms with Gasteiger partial charge in [-0.25, -0.2) is 9.37 Å². The topological polar surface area (TPSA) is 63.9 Å². The number of aromatic nitrogens is 2. The number of benzene rings is 1. The quantitative estimate of drug-likeness (QED) is 0.587. The van der Waals surface area contributed by atoms with Gasteiger partial charge in [0.1, 0.15) is 11.5 Å². The van der Waals surface area contributed by atoms with E-state index < -0.39 is 0 Å². The molecule has 28 heavy (non-hydrogen) atoms. The van der Waals surface area contributed by atoms with Crippen LogP contribution in [-0.4, -0.2) is 33.4 Å². The number of halogens is 1. The van der Waals surface area contributed by atoms with Gasteiger partial charge in [-0.05, 0) is 43.2 Å². The van der Waals surface area contributed by atoms with Gasteiger partial charge in [-0.15, -0.1) is 0 Å². The Hall–Kier alpha value is -3.06. The largest absolute Gasteiger partial charge is 0.465 e. The Labute approximate surface area is 162 Å². The lowest BCUT2D eigenvalue weighted by molar-refractivity contribution is -0.144. The molecule has 0 fully saturated rings. The number of rotatable bonds is 7. The van der Waals surface area contributed by atoms with Gasteiger partial charge in [-0.1, -0.05) is 18.2 Å². The summed E-state index contributed by atoms with van der Waals surface area (Å²) in [6, 6.07) is 11.2. The van der Waals surface area contributed by atoms with E-state index in [1.54, 1.807) is 31.3 Å². The maximum Gasteiger partial charge on any atom is 0.320 e. The van der Waals surface area contributed by atoms with Crippen LogP contribution in [0.2, 0.25) is 0 Å². The van der Waals surface area contributed by atoms with Crippen molar-refractivity contribution in [2.45, 2.75) is 26.9 Å². The first-order valence-corrected chi connectivity index (χ1v) is 9.06. The van der Waals surface area contributed by atoms with Crippen LogP contribution in [0.1, 0.15) is 23.7 Å². The van der Waals surface area contributed by atoms with Gasteiger partial charge in [0.15, 0.2) is 0 Å². The molecule has 0 saturated heterocycles. The van der Waals surface area contributed by atoms with Gasteiger partial charge in [0.25, 0.3) is 5.56 Å². The second kappa shape index (κ2) is 8.75. The Bertz CT molecular complexity index is 1030. The van der Waals surface area contributed by atoms with Gasteiger partial charge in [0.05, 0.1) is 18.8 Å². The minimum Gasteiger partial charge on any atom is -0.465 e. The number of aryl methyl sites for hydroxylation is 1. The van der Waals surface area contributed by atoms with E-state index in [2.05, 4.69) is 4.98 Å². The third kappa shape index (κ3) is 5.01. The lowest BCUT2D eigenvalue weighted by Gasteiger charge is -2.21. The van der Waals surface area contributed by atoms with Crippen LogP contribution < -0.4 is 5.56 Å². The van der Waals surface area contributed by atoms with Crippen molar-refractivity contribution >= 4 is 11.6 Å². The van der Waals surface area contributed by atoms with Crippen LogP contribution in [0.3, 0.4) is 0 Å². The minimum atomic E-state index is -0.363. The van der Waals surface area contributed by atoms with Crippen LogP contribution in [0.4, 0.5) is 4.39 Å². The van der Waals surface area contributed by atoms with Crippen LogP contribution in [0, 0.1) is 12.7 Å². The third-order valence-electron chi connectivity index (χ3n) is 4.22. The number of ether oxygens (including phenoxy) is 1. The molecule has 0 aliphatic carbocycles. The summed E-state index contributed by atoms with van der Waals surface area (Å²) in [6.45, 7) is 4.67. The van der Waals surface area contributed by atoms with Gasteiger partial charge in [0, 0.05) is 25.4 Å². The molecule has 6 nitrogen and oxygen atoms in total. The SMILES string of the molecule is CCOC(=O)CN(Cc1ccc(F)cc1)Cc1cc(=O)n2cc(C)ccc2n1. The van der Waals surface area contributed by atoms with Crippen molar-refractivity contribution in [1.29, 1.82) is 0 Å². The van der Waals surface area contributed by atoms with E-state index in [0.717, 1.165) is 11.1 Å². The Balaban J connectivity index is 1.86. The number of carbonyl (C=O) groups is 1. The molecule has 3 rings (SSSR count). The zero-order valence-corrected chi connectivity index (χ0v) is 15.9. The van der Waals surface area contributed by atoms with Gasteiger partial charge in [0.2, 0.25) is 0 Å². The molecule has 2 aromatic heterocycles. The van der Waals surface area contributed by atoms with E-state index in [1.807, 2.05) is 17.9 Å². The Kier molecular flexibility index (Phi) is 6.16. The van der Waals surface area contributed by atoms with Gasteiger partial charge in [-0.3, -0.25) is 18.9 Å². The van der Waals surface area contributed by atoms with E-state index >= 15 is 0 Å². The van der Waals surface area contributed by atoms with Gasteiger partial charge in [-0.2, -0.15) is 0 Å². The molecule has 0 unspecified atom stereocenters. The molecule has 0 amide bonds. The maximum atomic E-state index is 13.2. The average Bonchev–Trinajstić information content (AvgIpc) is 2.64. The molecule has 146 valence electrons. The standard InChI is InChI=1S/C21H22FN3O3/c1-3-28-21(27)14-24(12-16-5-7-17(22)8-6-16)13-18-10-20(26)25-11-15(2)4-9-19(25)23-18/h4-11H,3,12-14H2,1-2H3. The first-order valence-electron chi connectivity index (χ1n) is 9.06. The molecular weight excluding hydrogens is 361 g/mol. The van der Waals surface area contributed by atoms with Crippen molar-refractivity contribution < 1.29 is 13.9 Å². The molecule has 0 saturated carbocycles. The number of hydrogen-bond acceptors (Lipinski definition) is 5. The zero-order valence-electron chi connectivity index (χ0n) is 15.9. The molecule has 0 spiro atoms. The van der Waals surface area contributed by atoms with Gasteiger partial charge < -0.3 is 4.74 Å². The highest BCUT2D eigenvalue weighted by Gasteiger charge is 2.15. The van der Waals surface area contributed by atoms with Crippen LogP contribution in [0.15, 0.2) is 53.5 Å². The first kappa shape index (κ1) is 19.7. The second-order valence-electron chi connectivity index (χ2n) is 6.60. The molecule has 0 bridgehead atoms. The van der Waals surface area contributed by atoms with Crippen molar-refractivity contribution in [2.75, 3.05) is 13.2 Å². The lowest BCUT2D eigenvalue weighted by atomic mass is 10.2. The molecule has 1 aromatic carbocycles. The molecule has 2 heterocycles. The molecular formula is C21H22FN3O3. The Morgan fingerprint density at radius 3 is 2.64 bits per heavy atom.